The molecule has 3 aromatic carbocycles. The molecule has 0 aromatic heterocycles. The van der Waals surface area contributed by atoms with Gasteiger partial charge in [-0.05, 0) is 48.7 Å². The summed E-state index contributed by atoms with van der Waals surface area (Å²) in [5.41, 5.74) is 0.506. The van der Waals surface area contributed by atoms with Gasteiger partial charge in [0.25, 0.3) is 15.9 Å². The average Bonchev–Trinajstić information content (AvgIpc) is 3.39. The molecule has 2 aliphatic heterocycles. The molecule has 1 unspecified atom stereocenters. The molecule has 0 aliphatic carbocycles. The van der Waals surface area contributed by atoms with Gasteiger partial charge >= 0.3 is 23.8 Å². The molecule has 17 heteroatoms. The predicted molar refractivity (Wildman–Crippen MR) is 223 cm³/mol. The molecule has 1 saturated heterocycles. The first-order valence-electron chi connectivity index (χ1n) is 19.7. The topological polar surface area (TPSA) is 192 Å². The summed E-state index contributed by atoms with van der Waals surface area (Å²) >= 11 is 6.47. The lowest BCUT2D eigenvalue weighted by Gasteiger charge is -2.34. The number of hydrogen-bond donors (Lipinski definition) is 2. The minimum Gasteiger partial charge on any atom is -0.462 e. The van der Waals surface area contributed by atoms with E-state index in [2.05, 4.69) is 22.5 Å². The highest BCUT2D eigenvalue weighted by molar-refractivity contribution is 7.90. The zero-order chi connectivity index (χ0) is 42.9. The molecule has 5 rings (SSSR count). The summed E-state index contributed by atoms with van der Waals surface area (Å²) in [5, 5.41) is 5.16. The Labute approximate surface area is 349 Å². The van der Waals surface area contributed by atoms with Crippen LogP contribution in [0.15, 0.2) is 70.6 Å². The number of likely N-dealkylation sites (N-methyl/N-ethyl adjacent to an activating group) is 1. The zero-order valence-corrected chi connectivity index (χ0v) is 35.2. The van der Waals surface area contributed by atoms with Gasteiger partial charge in [-0.3, -0.25) is 28.4 Å². The van der Waals surface area contributed by atoms with Crippen molar-refractivity contribution in [2.24, 2.45) is 4.99 Å². The number of carbonyl (C=O) groups excluding carboxylic acids is 6. The van der Waals surface area contributed by atoms with E-state index in [9.17, 15) is 37.2 Å². The Morgan fingerprint density at radius 1 is 0.831 bits per heavy atom. The van der Waals surface area contributed by atoms with Gasteiger partial charge in [0.15, 0.2) is 11.9 Å². The second-order valence-corrected chi connectivity index (χ2v) is 16.8. The second kappa shape index (κ2) is 19.9. The molecular formula is C42H49ClN6O9S. The predicted octanol–water partition coefficient (Wildman–Crippen LogP) is 7.35. The Kier molecular flexibility index (Phi) is 15.0. The number of nitrogens with zero attached hydrogens (tertiary/aromatic N) is 4. The van der Waals surface area contributed by atoms with E-state index < -0.39 is 57.5 Å². The van der Waals surface area contributed by atoms with Crippen LogP contribution in [0.25, 0.3) is 0 Å². The molecule has 6 amide bonds. The third-order valence-corrected chi connectivity index (χ3v) is 12.1. The van der Waals surface area contributed by atoms with Crippen molar-refractivity contribution in [1.82, 2.24) is 14.1 Å². The third-order valence-electron chi connectivity index (χ3n) is 10.0. The monoisotopic (exact) mass is 848 g/mol. The smallest absolute Gasteiger partial charge is 0.339 e. The van der Waals surface area contributed by atoms with E-state index in [-0.39, 0.29) is 45.7 Å². The number of para-hydroxylation sites is 1. The molecule has 0 spiro atoms. The van der Waals surface area contributed by atoms with Gasteiger partial charge in [0.2, 0.25) is 5.91 Å². The molecule has 59 heavy (non-hydrogen) atoms. The van der Waals surface area contributed by atoms with Crippen molar-refractivity contribution in [2.45, 2.75) is 102 Å². The SMILES string of the molecule is CCCCCCCCCCCCOC(=O)c1cc(NC(=O)C(C2=Nc3c(NC(C)=O)cccc3S(=O)(=O)N2C)N2C(=O)C(=O)N(Cc3ccccc3)C2=O)c(C)cc1Cl. The molecule has 0 saturated carbocycles. The van der Waals surface area contributed by atoms with Gasteiger partial charge in [0.05, 0.1) is 29.4 Å². The molecule has 2 aliphatic rings. The largest absolute Gasteiger partial charge is 0.462 e. The number of ether oxygens (including phenoxy) is 1. The molecule has 2 heterocycles. The highest BCUT2D eigenvalue weighted by Gasteiger charge is 2.53. The van der Waals surface area contributed by atoms with Crippen LogP contribution in [0.3, 0.4) is 0 Å². The maximum absolute atomic E-state index is 14.6. The lowest BCUT2D eigenvalue weighted by atomic mass is 10.1. The maximum Gasteiger partial charge on any atom is 0.339 e. The van der Waals surface area contributed by atoms with Crippen molar-refractivity contribution < 1.29 is 41.9 Å². The van der Waals surface area contributed by atoms with Gasteiger partial charge in [0.1, 0.15) is 10.6 Å². The highest BCUT2D eigenvalue weighted by Crippen LogP contribution is 2.39. The van der Waals surface area contributed by atoms with Crippen LogP contribution in [-0.2, 0) is 40.5 Å². The Hall–Kier alpha value is -5.61. The number of fused-ring (bicyclic) bond motifs is 1. The van der Waals surface area contributed by atoms with Gasteiger partial charge < -0.3 is 15.4 Å². The first kappa shape index (κ1) is 44.5. The summed E-state index contributed by atoms with van der Waals surface area (Å²) in [7, 11) is -3.45. The van der Waals surface area contributed by atoms with Crippen LogP contribution in [0, 0.1) is 6.92 Å². The number of hydrogen-bond acceptors (Lipinski definition) is 10. The number of carbonyl (C=O) groups is 6. The number of benzene rings is 3. The lowest BCUT2D eigenvalue weighted by molar-refractivity contribution is -0.144. The fraction of sp³-hybridized carbons (Fsp3) is 0.405. The average molecular weight is 849 g/mol. The molecule has 0 radical (unpaired) electrons. The Balaban J connectivity index is 1.44. The molecule has 1 atom stereocenters. The second-order valence-electron chi connectivity index (χ2n) is 14.5. The van der Waals surface area contributed by atoms with Crippen LogP contribution in [0.1, 0.15) is 99.5 Å². The van der Waals surface area contributed by atoms with E-state index in [1.807, 2.05) is 0 Å². The van der Waals surface area contributed by atoms with Crippen LogP contribution in [-0.4, -0.2) is 83.7 Å². The number of rotatable bonds is 19. The maximum atomic E-state index is 14.6. The third kappa shape index (κ3) is 10.3. The molecule has 1 fully saturated rings. The number of aryl methyl sites for hydroxylation is 1. The summed E-state index contributed by atoms with van der Waals surface area (Å²) < 4.78 is 34.1. The number of amidine groups is 1. The van der Waals surface area contributed by atoms with E-state index in [4.69, 9.17) is 16.3 Å². The first-order chi connectivity index (χ1) is 28.2. The van der Waals surface area contributed by atoms with Crippen molar-refractivity contribution in [1.29, 1.82) is 0 Å². The summed E-state index contributed by atoms with van der Waals surface area (Å²) in [5.74, 6) is -5.75. The van der Waals surface area contributed by atoms with Crippen molar-refractivity contribution in [3.63, 3.8) is 0 Å². The van der Waals surface area contributed by atoms with Crippen molar-refractivity contribution in [2.75, 3.05) is 24.3 Å². The number of halogens is 1. The van der Waals surface area contributed by atoms with Crippen molar-refractivity contribution >= 4 is 80.2 Å². The van der Waals surface area contributed by atoms with Gasteiger partial charge in [-0.15, -0.1) is 0 Å². The minimum atomic E-state index is -4.53. The van der Waals surface area contributed by atoms with E-state index in [0.717, 1.165) is 26.3 Å². The number of aliphatic imine (C=N–C) groups is 1. The molecule has 2 N–H and O–H groups in total. The molecule has 3 aromatic rings. The number of unbranched alkanes of at least 4 members (excludes halogenated alkanes) is 9. The van der Waals surface area contributed by atoms with Crippen LogP contribution < -0.4 is 10.6 Å². The fourth-order valence-electron chi connectivity index (χ4n) is 6.83. The standard InChI is InChI=1S/C42H49ClN6O9S/c1-5-6-7-8-9-10-11-12-13-17-23-58-41(54)30-25-33(27(2)24-31(30)43)45-38(51)36(49-40(53)39(52)48(42(49)55)26-29-19-15-14-16-20-29)37-46-35-32(44-28(3)50)21-18-22-34(35)59(56,57)47(37)4/h14-16,18-22,24-25,36H,5-13,17,23,26H2,1-4H3,(H,44,50)(H,45,51). The van der Waals surface area contributed by atoms with Crippen LogP contribution in [0.5, 0.6) is 0 Å². The van der Waals surface area contributed by atoms with E-state index in [0.29, 0.717) is 31.7 Å². The van der Waals surface area contributed by atoms with Crippen LogP contribution in [0.4, 0.5) is 21.9 Å². The highest BCUT2D eigenvalue weighted by atomic mass is 35.5. The Morgan fingerprint density at radius 2 is 1.47 bits per heavy atom. The quantitative estimate of drug-likeness (QED) is 0.0537. The fourth-order valence-corrected chi connectivity index (χ4v) is 8.46. The number of nitrogens with one attached hydrogen (secondary N) is 2. The molecule has 314 valence electrons. The van der Waals surface area contributed by atoms with Crippen molar-refractivity contribution in [3.8, 4) is 0 Å². The summed E-state index contributed by atoms with van der Waals surface area (Å²) in [6.07, 6.45) is 11.0. The normalized spacial score (nSPS) is 15.2. The van der Waals surface area contributed by atoms with Gasteiger partial charge in [-0.1, -0.05) is 113 Å². The summed E-state index contributed by atoms with van der Waals surface area (Å²) in [6.45, 7) is 4.80. The van der Waals surface area contributed by atoms with Gasteiger partial charge in [0, 0.05) is 19.7 Å². The number of esters is 1. The van der Waals surface area contributed by atoms with Crippen molar-refractivity contribution in [3.05, 3.63) is 82.4 Å². The molecule has 0 bridgehead atoms. The van der Waals surface area contributed by atoms with Gasteiger partial charge in [-0.2, -0.15) is 0 Å². The number of sulfonamides is 1. The first-order valence-corrected chi connectivity index (χ1v) is 21.5. The summed E-state index contributed by atoms with van der Waals surface area (Å²) in [6, 6.07) is 11.7. The number of amides is 6. The van der Waals surface area contributed by atoms with Gasteiger partial charge in [-0.25, -0.2) is 27.9 Å². The number of urea groups is 1. The molecular weight excluding hydrogens is 800 g/mol. The number of imide groups is 2. The molecule has 15 nitrogen and oxygen atoms in total. The summed E-state index contributed by atoms with van der Waals surface area (Å²) in [4.78, 5) is 86.3. The van der Waals surface area contributed by atoms with E-state index >= 15 is 0 Å². The lowest BCUT2D eigenvalue weighted by Crippen LogP contribution is -2.57. The number of anilines is 2. The van der Waals surface area contributed by atoms with Crippen LogP contribution >= 0.6 is 11.6 Å². The van der Waals surface area contributed by atoms with E-state index in [1.54, 1.807) is 37.3 Å². The minimum absolute atomic E-state index is 0.0168. The zero-order valence-electron chi connectivity index (χ0n) is 33.6. The Morgan fingerprint density at radius 3 is 2.12 bits per heavy atom. The van der Waals surface area contributed by atoms with E-state index in [1.165, 1.54) is 75.8 Å². The Bertz CT molecular complexity index is 2250. The van der Waals surface area contributed by atoms with Crippen LogP contribution in [0.2, 0.25) is 5.02 Å².